The van der Waals surface area contributed by atoms with Crippen LogP contribution in [-0.4, -0.2) is 89.0 Å². The third-order valence-corrected chi connectivity index (χ3v) is 8.59. The molecule has 5 atom stereocenters. The van der Waals surface area contributed by atoms with Crippen molar-refractivity contribution < 1.29 is 34.1 Å². The van der Waals surface area contributed by atoms with E-state index in [1.807, 2.05) is 12.2 Å². The number of carbonyl (C=O) groups is 4. The Balaban J connectivity index is 1.45. The molecule has 0 radical (unpaired) electrons. The van der Waals surface area contributed by atoms with Crippen molar-refractivity contribution in [2.75, 3.05) is 6.54 Å². The third-order valence-electron chi connectivity index (χ3n) is 8.29. The van der Waals surface area contributed by atoms with Crippen LogP contribution in [-0.2, 0) is 19.1 Å². The lowest BCUT2D eigenvalue weighted by Gasteiger charge is -2.30. The van der Waals surface area contributed by atoms with Gasteiger partial charge in [-0.3, -0.25) is 9.59 Å². The summed E-state index contributed by atoms with van der Waals surface area (Å²) in [6.07, 6.45) is 6.68. The van der Waals surface area contributed by atoms with E-state index in [9.17, 15) is 29.4 Å². The smallest absolute Gasteiger partial charge is 0.408 e. The predicted molar refractivity (Wildman–Crippen MR) is 161 cm³/mol. The molecule has 1 aromatic heterocycles. The lowest BCUT2D eigenvalue weighted by molar-refractivity contribution is -0.145. The Morgan fingerprint density at radius 2 is 1.98 bits per heavy atom. The molecule has 4 N–H and O–H groups in total. The number of rotatable bonds is 4. The Labute approximate surface area is 265 Å². The number of carbonyl (C=O) groups excluding carboxylic acids is 3. The number of nitrogens with one attached hydrogen (secondary N) is 2. The minimum Gasteiger partial charge on any atom is -0.506 e. The summed E-state index contributed by atoms with van der Waals surface area (Å²) >= 11 is 6.05. The average Bonchev–Trinajstić information content (AvgIpc) is 3.28. The lowest BCUT2D eigenvalue weighted by Crippen LogP contribution is -2.56. The molecule has 1 aromatic carbocycles. The maximum Gasteiger partial charge on any atom is 0.408 e. The summed E-state index contributed by atoms with van der Waals surface area (Å²) in [6, 6.07) is 1.85. The van der Waals surface area contributed by atoms with Gasteiger partial charge in [-0.1, -0.05) is 36.6 Å². The Morgan fingerprint density at radius 3 is 2.69 bits per heavy atom. The summed E-state index contributed by atoms with van der Waals surface area (Å²) in [4.78, 5) is 55.7. The summed E-state index contributed by atoms with van der Waals surface area (Å²) in [5.74, 6) is -2.47. The second-order valence-corrected chi connectivity index (χ2v) is 13.2. The zero-order chi connectivity index (χ0) is 32.5. The number of phenols is 1. The van der Waals surface area contributed by atoms with Gasteiger partial charge in [-0.15, -0.1) is 10.2 Å². The van der Waals surface area contributed by atoms with E-state index in [0.29, 0.717) is 18.4 Å². The number of phenolic OH excluding ortho intramolecular Hbond substituents is 1. The number of ether oxygens (including phenoxy) is 1. The largest absolute Gasteiger partial charge is 0.506 e. The van der Waals surface area contributed by atoms with Crippen molar-refractivity contribution in [2.45, 2.75) is 95.0 Å². The standard InChI is InChI=1S/C30H38ClN7O7/c1-29(2,3)45-28(44)32-21-10-8-6-4-5-7-9-18-15-30(18,27(42)43)33-25(40)22-14-19(16-37(22)26(21)41)38-35-24(34-36-38)17-11-12-23(39)20(31)13-17/h7,9,11-13,18-19,21-22,39H,4-6,8,10,14-16H2,1-3H3,(H,32,44)(H,33,40)(H,42,43)/b9-7-/t18?,19-,21?,22?,30?/m1/s1. The number of amides is 3. The molecule has 0 bridgehead atoms. The molecule has 2 fully saturated rings. The minimum atomic E-state index is -1.45. The molecule has 1 aliphatic carbocycles. The van der Waals surface area contributed by atoms with Crippen LogP contribution in [0.1, 0.15) is 71.8 Å². The Morgan fingerprint density at radius 1 is 1.20 bits per heavy atom. The van der Waals surface area contributed by atoms with E-state index in [1.54, 1.807) is 26.8 Å². The third kappa shape index (κ3) is 7.21. The van der Waals surface area contributed by atoms with Crippen LogP contribution < -0.4 is 10.6 Å². The van der Waals surface area contributed by atoms with Crippen molar-refractivity contribution in [3.63, 3.8) is 0 Å². The first kappa shape index (κ1) is 32.2. The molecule has 1 saturated heterocycles. The molecule has 14 nitrogen and oxygen atoms in total. The molecule has 3 aliphatic rings. The second kappa shape index (κ2) is 12.7. The molecule has 3 heterocycles. The highest BCUT2D eigenvalue weighted by Crippen LogP contribution is 2.45. The van der Waals surface area contributed by atoms with Crippen LogP contribution >= 0.6 is 11.6 Å². The van der Waals surface area contributed by atoms with E-state index >= 15 is 0 Å². The molecule has 1 saturated carbocycles. The van der Waals surface area contributed by atoms with E-state index < -0.39 is 53.1 Å². The minimum absolute atomic E-state index is 0.0129. The van der Waals surface area contributed by atoms with Crippen LogP contribution in [0.2, 0.25) is 5.02 Å². The van der Waals surface area contributed by atoms with Crippen LogP contribution in [0.25, 0.3) is 11.4 Å². The number of aromatic nitrogens is 4. The summed E-state index contributed by atoms with van der Waals surface area (Å²) in [6.45, 7) is 5.18. The molecule has 2 aliphatic heterocycles. The number of allylic oxidation sites excluding steroid dienone is 1. The van der Waals surface area contributed by atoms with Gasteiger partial charge in [0.2, 0.25) is 17.6 Å². The topological polar surface area (TPSA) is 189 Å². The number of aromatic hydroxyl groups is 1. The van der Waals surface area contributed by atoms with Crippen molar-refractivity contribution in [1.29, 1.82) is 0 Å². The number of halogens is 1. The van der Waals surface area contributed by atoms with Crippen molar-refractivity contribution >= 4 is 35.5 Å². The number of aliphatic carboxylic acids is 1. The number of carboxylic acid groups (broad SMARTS) is 1. The maximum absolute atomic E-state index is 14.1. The zero-order valence-electron chi connectivity index (χ0n) is 25.4. The lowest BCUT2D eigenvalue weighted by atomic mass is 10.0. The number of benzene rings is 1. The Kier molecular flexibility index (Phi) is 9.06. The van der Waals surface area contributed by atoms with Crippen LogP contribution in [0.3, 0.4) is 0 Å². The van der Waals surface area contributed by atoms with Gasteiger partial charge in [0.15, 0.2) is 0 Å². The summed E-state index contributed by atoms with van der Waals surface area (Å²) in [5, 5.41) is 38.1. The second-order valence-electron chi connectivity index (χ2n) is 12.8. The molecular weight excluding hydrogens is 606 g/mol. The van der Waals surface area contributed by atoms with E-state index in [-0.39, 0.29) is 41.9 Å². The number of nitrogens with zero attached hydrogens (tertiary/aromatic N) is 5. The highest BCUT2D eigenvalue weighted by molar-refractivity contribution is 6.32. The van der Waals surface area contributed by atoms with Gasteiger partial charge < -0.3 is 30.5 Å². The van der Waals surface area contributed by atoms with Crippen molar-refractivity contribution in [2.24, 2.45) is 5.92 Å². The first-order valence-electron chi connectivity index (χ1n) is 15.1. The van der Waals surface area contributed by atoms with Gasteiger partial charge in [-0.25, -0.2) is 9.59 Å². The van der Waals surface area contributed by atoms with Crippen LogP contribution in [0.4, 0.5) is 4.79 Å². The Hall–Kier alpha value is -4.20. The SMILES string of the molecule is CC(C)(C)OC(=O)NC1CCCCC/C=C\C2CC2(C(=O)O)NC(=O)C2C[C@@H](n3nnc(-c4ccc(O)c(Cl)c4)n3)CN2C1=O. The maximum atomic E-state index is 14.1. The van der Waals surface area contributed by atoms with Gasteiger partial charge in [0.05, 0.1) is 11.1 Å². The number of carboxylic acids is 1. The molecular formula is C30H38ClN7O7. The number of hydrogen-bond donors (Lipinski definition) is 4. The van der Waals surface area contributed by atoms with Gasteiger partial charge in [-0.2, -0.15) is 4.80 Å². The van der Waals surface area contributed by atoms with Crippen LogP contribution in [0.15, 0.2) is 30.4 Å². The fraction of sp³-hybridized carbons (Fsp3) is 0.567. The summed E-state index contributed by atoms with van der Waals surface area (Å²) in [7, 11) is 0. The molecule has 5 rings (SSSR count). The van der Waals surface area contributed by atoms with Gasteiger partial charge in [0, 0.05) is 24.4 Å². The first-order chi connectivity index (χ1) is 21.3. The van der Waals surface area contributed by atoms with Gasteiger partial charge in [0.25, 0.3) is 0 Å². The van der Waals surface area contributed by atoms with E-state index in [1.165, 1.54) is 21.8 Å². The van der Waals surface area contributed by atoms with E-state index in [2.05, 4.69) is 26.0 Å². The van der Waals surface area contributed by atoms with Crippen LogP contribution in [0, 0.1) is 5.92 Å². The molecule has 45 heavy (non-hydrogen) atoms. The monoisotopic (exact) mass is 643 g/mol. The van der Waals surface area contributed by atoms with Crippen molar-refractivity contribution in [1.82, 2.24) is 35.7 Å². The van der Waals surface area contributed by atoms with Gasteiger partial charge in [-0.05, 0) is 69.9 Å². The number of hydrogen-bond acceptors (Lipinski definition) is 9. The zero-order valence-corrected chi connectivity index (χ0v) is 26.2. The molecule has 242 valence electrons. The summed E-state index contributed by atoms with van der Waals surface area (Å²) < 4.78 is 5.43. The quantitative estimate of drug-likeness (QED) is 0.360. The van der Waals surface area contributed by atoms with Gasteiger partial charge >= 0.3 is 12.1 Å². The highest BCUT2D eigenvalue weighted by atomic mass is 35.5. The highest BCUT2D eigenvalue weighted by Gasteiger charge is 2.61. The average molecular weight is 644 g/mol. The molecule has 2 aromatic rings. The normalized spacial score (nSPS) is 28.1. The van der Waals surface area contributed by atoms with E-state index in [4.69, 9.17) is 16.3 Å². The molecule has 4 unspecified atom stereocenters. The first-order valence-corrected chi connectivity index (χ1v) is 15.5. The number of fused-ring (bicyclic) bond motifs is 2. The summed E-state index contributed by atoms with van der Waals surface area (Å²) in [5.41, 5.74) is -1.74. The van der Waals surface area contributed by atoms with Crippen LogP contribution in [0.5, 0.6) is 5.75 Å². The fourth-order valence-corrected chi connectivity index (χ4v) is 6.02. The van der Waals surface area contributed by atoms with Crippen molar-refractivity contribution in [3.05, 3.63) is 35.4 Å². The molecule has 3 amide bonds. The fourth-order valence-electron chi connectivity index (χ4n) is 5.84. The molecule has 0 spiro atoms. The van der Waals surface area contributed by atoms with E-state index in [0.717, 1.165) is 19.3 Å². The Bertz CT molecular complexity index is 1510. The molecule has 15 heteroatoms. The number of tetrazole rings is 1. The predicted octanol–water partition coefficient (Wildman–Crippen LogP) is 3.21. The van der Waals surface area contributed by atoms with Crippen molar-refractivity contribution in [3.8, 4) is 17.1 Å². The number of alkyl carbamates (subject to hydrolysis) is 1. The van der Waals surface area contributed by atoms with Gasteiger partial charge in [0.1, 0.15) is 29.0 Å².